The Balaban J connectivity index is 1.56. The molecule has 1 aliphatic rings. The molecule has 4 rings (SSSR count). The molecule has 1 saturated carbocycles. The van der Waals surface area contributed by atoms with Crippen LogP contribution in [0, 0.1) is 18.8 Å². The van der Waals surface area contributed by atoms with E-state index in [1.54, 1.807) is 0 Å². The van der Waals surface area contributed by atoms with Gasteiger partial charge in [-0.25, -0.2) is 0 Å². The Morgan fingerprint density at radius 3 is 2.34 bits per heavy atom. The number of rotatable bonds is 8. The van der Waals surface area contributed by atoms with Crippen molar-refractivity contribution in [1.82, 2.24) is 0 Å². The molecule has 3 heteroatoms. The summed E-state index contributed by atoms with van der Waals surface area (Å²) in [6, 6.07) is 27.2. The first-order chi connectivity index (χ1) is 15.4. The molecule has 0 unspecified atom stereocenters. The highest BCUT2D eigenvalue weighted by Gasteiger charge is 2.46. The first-order valence-corrected chi connectivity index (χ1v) is 11.7. The Labute approximate surface area is 192 Å². The van der Waals surface area contributed by atoms with Gasteiger partial charge in [-0.15, -0.1) is 0 Å². The van der Waals surface area contributed by atoms with Crippen molar-refractivity contribution in [3.63, 3.8) is 0 Å². The third-order valence-electron chi connectivity index (χ3n) is 6.32. The summed E-state index contributed by atoms with van der Waals surface area (Å²) in [5.74, 6) is 1.06. The fraction of sp³-hybridized carbons (Fsp3) is 0.345. The van der Waals surface area contributed by atoms with Crippen molar-refractivity contribution in [2.75, 3.05) is 11.4 Å². The van der Waals surface area contributed by atoms with Gasteiger partial charge in [0, 0.05) is 24.2 Å². The zero-order valence-electron chi connectivity index (χ0n) is 19.4. The van der Waals surface area contributed by atoms with Crippen LogP contribution in [0.2, 0.25) is 0 Å². The largest absolute Gasteiger partial charge is 0.326 e. The van der Waals surface area contributed by atoms with Crippen LogP contribution < -0.4 is 10.6 Å². The molecule has 0 heterocycles. The minimum absolute atomic E-state index is 0.0377. The van der Waals surface area contributed by atoms with Crippen LogP contribution in [0.1, 0.15) is 43.7 Å². The van der Waals surface area contributed by atoms with Crippen LogP contribution in [0.25, 0.3) is 11.1 Å². The monoisotopic (exact) mass is 426 g/mol. The van der Waals surface area contributed by atoms with E-state index in [1.807, 2.05) is 11.0 Å². The Bertz CT molecular complexity index is 1040. The summed E-state index contributed by atoms with van der Waals surface area (Å²) in [7, 11) is 0. The molecule has 0 radical (unpaired) electrons. The number of carbonyl (C=O) groups is 1. The van der Waals surface area contributed by atoms with Crippen LogP contribution in [0.4, 0.5) is 5.69 Å². The number of benzene rings is 3. The highest BCUT2D eigenvalue weighted by Crippen LogP contribution is 2.48. The number of nitrogens with zero attached hydrogens (tertiary/aromatic N) is 1. The van der Waals surface area contributed by atoms with E-state index in [-0.39, 0.29) is 17.9 Å². The van der Waals surface area contributed by atoms with Crippen molar-refractivity contribution in [2.24, 2.45) is 17.6 Å². The Morgan fingerprint density at radius 1 is 0.969 bits per heavy atom. The third kappa shape index (κ3) is 5.28. The Kier molecular flexibility index (Phi) is 6.76. The van der Waals surface area contributed by atoms with Gasteiger partial charge >= 0.3 is 0 Å². The fourth-order valence-corrected chi connectivity index (χ4v) is 4.63. The van der Waals surface area contributed by atoms with Crippen LogP contribution in [0.3, 0.4) is 0 Å². The average molecular weight is 427 g/mol. The topological polar surface area (TPSA) is 46.3 Å². The molecule has 0 aromatic heterocycles. The number of hydrogen-bond donors (Lipinski definition) is 1. The fourth-order valence-electron chi connectivity index (χ4n) is 4.63. The van der Waals surface area contributed by atoms with E-state index in [0.29, 0.717) is 18.4 Å². The normalized spacial score (nSPS) is 18.4. The van der Waals surface area contributed by atoms with E-state index in [4.69, 9.17) is 5.73 Å². The van der Waals surface area contributed by atoms with Gasteiger partial charge in [-0.1, -0.05) is 86.1 Å². The predicted octanol–water partition coefficient (Wildman–Crippen LogP) is 6.17. The van der Waals surface area contributed by atoms with Crippen LogP contribution in [0.5, 0.6) is 0 Å². The summed E-state index contributed by atoms with van der Waals surface area (Å²) in [5.41, 5.74) is 12.2. The summed E-state index contributed by atoms with van der Waals surface area (Å²) in [6.45, 7) is 7.01. The van der Waals surface area contributed by atoms with Crippen LogP contribution in [0.15, 0.2) is 78.9 Å². The molecular weight excluding hydrogens is 392 g/mol. The smallest absolute Gasteiger partial charge is 0.230 e. The number of anilines is 1. The van der Waals surface area contributed by atoms with E-state index >= 15 is 0 Å². The van der Waals surface area contributed by atoms with Gasteiger partial charge in [0.15, 0.2) is 0 Å². The van der Waals surface area contributed by atoms with E-state index < -0.39 is 0 Å². The summed E-state index contributed by atoms with van der Waals surface area (Å²) < 4.78 is 0. The molecule has 1 aliphatic carbocycles. The molecule has 3 aromatic rings. The van der Waals surface area contributed by atoms with Gasteiger partial charge in [-0.2, -0.15) is 0 Å². The molecular formula is C29H34N2O. The molecule has 2 N–H and O–H groups in total. The van der Waals surface area contributed by atoms with Crippen molar-refractivity contribution in [1.29, 1.82) is 0 Å². The van der Waals surface area contributed by atoms with Crippen molar-refractivity contribution in [3.8, 4) is 11.1 Å². The van der Waals surface area contributed by atoms with Gasteiger partial charge in [0.1, 0.15) is 0 Å². The standard InChI is InChI=1S/C29H34N2O/c1-20(2)16-25(30)19-31(29(32)28-18-27(28)23-9-5-4-6-10-23)26-14-12-22(13-15-26)24-11-7-8-21(3)17-24/h4-15,17,20,25,27-28H,16,18-19,30H2,1-3H3/t25-,27-,28+/m0/s1. The van der Waals surface area contributed by atoms with Crippen LogP contribution in [-0.4, -0.2) is 18.5 Å². The van der Waals surface area contributed by atoms with Gasteiger partial charge in [0.25, 0.3) is 0 Å². The summed E-state index contributed by atoms with van der Waals surface area (Å²) in [4.78, 5) is 15.5. The summed E-state index contributed by atoms with van der Waals surface area (Å²) in [6.07, 6.45) is 1.82. The van der Waals surface area contributed by atoms with Gasteiger partial charge in [0.05, 0.1) is 0 Å². The quantitative estimate of drug-likeness (QED) is 0.468. The molecule has 3 aromatic carbocycles. The van der Waals surface area contributed by atoms with Gasteiger partial charge in [-0.05, 0) is 60.4 Å². The number of hydrogen-bond acceptors (Lipinski definition) is 2. The Hall–Kier alpha value is -2.91. The molecule has 1 amide bonds. The van der Waals surface area contributed by atoms with Crippen LogP contribution in [-0.2, 0) is 4.79 Å². The van der Waals surface area contributed by atoms with E-state index in [1.165, 1.54) is 16.7 Å². The second-order valence-corrected chi connectivity index (χ2v) is 9.61. The first-order valence-electron chi connectivity index (χ1n) is 11.7. The molecule has 0 bridgehead atoms. The number of nitrogens with two attached hydrogens (primary N) is 1. The number of carbonyl (C=O) groups excluding carboxylic acids is 1. The molecule has 0 spiro atoms. The highest BCUT2D eigenvalue weighted by molar-refractivity contribution is 5.97. The highest BCUT2D eigenvalue weighted by atomic mass is 16.2. The number of aryl methyl sites for hydroxylation is 1. The molecule has 0 aliphatic heterocycles. The lowest BCUT2D eigenvalue weighted by molar-refractivity contribution is -0.120. The lowest BCUT2D eigenvalue weighted by Gasteiger charge is -2.27. The van der Waals surface area contributed by atoms with Gasteiger partial charge in [-0.3, -0.25) is 4.79 Å². The van der Waals surface area contributed by atoms with E-state index in [2.05, 4.69) is 93.6 Å². The lowest BCUT2D eigenvalue weighted by Crippen LogP contribution is -2.42. The predicted molar refractivity (Wildman–Crippen MR) is 134 cm³/mol. The molecule has 32 heavy (non-hydrogen) atoms. The Morgan fingerprint density at radius 2 is 1.69 bits per heavy atom. The first kappa shape index (κ1) is 22.3. The van der Waals surface area contributed by atoms with E-state index in [0.717, 1.165) is 24.1 Å². The molecule has 166 valence electrons. The van der Waals surface area contributed by atoms with Gasteiger partial charge in [0.2, 0.25) is 5.91 Å². The third-order valence-corrected chi connectivity index (χ3v) is 6.32. The van der Waals surface area contributed by atoms with Crippen molar-refractivity contribution in [2.45, 2.75) is 45.6 Å². The van der Waals surface area contributed by atoms with Crippen LogP contribution >= 0.6 is 0 Å². The number of amides is 1. The van der Waals surface area contributed by atoms with E-state index in [9.17, 15) is 4.79 Å². The van der Waals surface area contributed by atoms with Crippen molar-refractivity contribution < 1.29 is 4.79 Å². The maximum atomic E-state index is 13.6. The second kappa shape index (κ2) is 9.70. The zero-order chi connectivity index (χ0) is 22.7. The molecule has 1 fully saturated rings. The zero-order valence-corrected chi connectivity index (χ0v) is 19.4. The van der Waals surface area contributed by atoms with Crippen molar-refractivity contribution in [3.05, 3.63) is 90.0 Å². The SMILES string of the molecule is Cc1cccc(-c2ccc(N(C[C@@H](N)CC(C)C)C(=O)[C@@H]3C[C@H]3c3ccccc3)cc2)c1. The minimum Gasteiger partial charge on any atom is -0.326 e. The molecule has 3 atom stereocenters. The molecule has 0 saturated heterocycles. The summed E-state index contributed by atoms with van der Waals surface area (Å²) >= 11 is 0. The average Bonchev–Trinajstić information content (AvgIpc) is 3.58. The minimum atomic E-state index is -0.0377. The summed E-state index contributed by atoms with van der Waals surface area (Å²) in [5, 5.41) is 0. The van der Waals surface area contributed by atoms with Gasteiger partial charge < -0.3 is 10.6 Å². The lowest BCUT2D eigenvalue weighted by atomic mass is 10.0. The molecule has 3 nitrogen and oxygen atoms in total. The maximum Gasteiger partial charge on any atom is 0.230 e. The maximum absolute atomic E-state index is 13.6. The van der Waals surface area contributed by atoms with Crippen molar-refractivity contribution >= 4 is 11.6 Å². The second-order valence-electron chi connectivity index (χ2n) is 9.61.